The molecule has 0 radical (unpaired) electrons. The largest absolute Gasteiger partial charge is 0.486 e. The second-order valence-corrected chi connectivity index (χ2v) is 8.48. The second kappa shape index (κ2) is 9.92. The van der Waals surface area contributed by atoms with Crippen LogP contribution in [0.25, 0.3) is 11.2 Å². The lowest BCUT2D eigenvalue weighted by Crippen LogP contribution is -2.31. The number of aliphatic hydroxyl groups excluding tert-OH is 1. The Morgan fingerprint density at radius 2 is 2.00 bits per heavy atom. The number of pyridine rings is 2. The van der Waals surface area contributed by atoms with Crippen LogP contribution in [0.5, 0.6) is 17.4 Å². The quantitative estimate of drug-likeness (QED) is 0.469. The number of methoxy groups -OCH3 is 1. The van der Waals surface area contributed by atoms with Crippen molar-refractivity contribution in [3.05, 3.63) is 46.6 Å². The van der Waals surface area contributed by atoms with Crippen molar-refractivity contribution < 1.29 is 19.3 Å². The predicted molar refractivity (Wildman–Crippen MR) is 123 cm³/mol. The van der Waals surface area contributed by atoms with Gasteiger partial charge < -0.3 is 24.6 Å². The monoisotopic (exact) mass is 468 g/mol. The number of hydrogen-bond donors (Lipinski definition) is 2. The molecule has 0 aromatic carbocycles. The zero-order valence-corrected chi connectivity index (χ0v) is 19.0. The highest BCUT2D eigenvalue weighted by Crippen LogP contribution is 2.29. The van der Waals surface area contributed by atoms with Crippen LogP contribution in [-0.2, 0) is 13.1 Å². The maximum absolute atomic E-state index is 12.5. The molecule has 11 nitrogen and oxygen atoms in total. The highest BCUT2D eigenvalue weighted by Gasteiger charge is 2.30. The smallest absolute Gasteiger partial charge is 0.270 e. The van der Waals surface area contributed by atoms with E-state index in [1.54, 1.807) is 22.9 Å². The first kappa shape index (κ1) is 22.5. The van der Waals surface area contributed by atoms with Crippen molar-refractivity contribution in [2.24, 2.45) is 5.92 Å². The van der Waals surface area contributed by atoms with Gasteiger partial charge in [-0.1, -0.05) is 0 Å². The number of β-amino-alcohol motifs (C(OH)–C–C–N with tert-alkyl or cyclic N) is 1. The van der Waals surface area contributed by atoms with Crippen LogP contribution in [0, 0.1) is 5.92 Å². The summed E-state index contributed by atoms with van der Waals surface area (Å²) in [5, 5.41) is 14.0. The normalized spacial score (nSPS) is 20.1. The van der Waals surface area contributed by atoms with Crippen LogP contribution in [-0.4, -0.2) is 82.1 Å². The Morgan fingerprint density at radius 3 is 2.85 bits per heavy atom. The highest BCUT2D eigenvalue weighted by atomic mass is 16.6. The zero-order chi connectivity index (χ0) is 23.5. The Labute approximate surface area is 196 Å². The van der Waals surface area contributed by atoms with Crippen LogP contribution in [0.2, 0.25) is 0 Å². The van der Waals surface area contributed by atoms with Gasteiger partial charge in [0.2, 0.25) is 5.88 Å². The van der Waals surface area contributed by atoms with Crippen molar-refractivity contribution in [1.82, 2.24) is 29.7 Å². The molecule has 0 aliphatic carbocycles. The lowest BCUT2D eigenvalue weighted by Gasteiger charge is -2.19. The Bertz CT molecular complexity index is 1220. The topological polar surface area (TPSA) is 124 Å². The van der Waals surface area contributed by atoms with E-state index in [1.807, 2.05) is 6.07 Å². The first-order chi connectivity index (χ1) is 16.6. The zero-order valence-electron chi connectivity index (χ0n) is 19.0. The molecular formula is C23H28N6O5. The van der Waals surface area contributed by atoms with Crippen molar-refractivity contribution >= 4 is 11.2 Å². The molecule has 5 heterocycles. The van der Waals surface area contributed by atoms with Crippen molar-refractivity contribution in [2.75, 3.05) is 46.5 Å². The summed E-state index contributed by atoms with van der Waals surface area (Å²) < 4.78 is 17.9. The molecule has 2 aliphatic heterocycles. The number of nitrogens with zero attached hydrogens (tertiary/aromatic N) is 5. The van der Waals surface area contributed by atoms with Gasteiger partial charge in [0.05, 0.1) is 31.3 Å². The summed E-state index contributed by atoms with van der Waals surface area (Å²) in [7, 11) is 1.54. The number of aromatic nitrogens is 4. The number of rotatable bonds is 8. The molecule has 0 amide bonds. The Kier molecular flexibility index (Phi) is 6.57. The van der Waals surface area contributed by atoms with Gasteiger partial charge in [-0.05, 0) is 6.07 Å². The third kappa shape index (κ3) is 4.81. The summed E-state index contributed by atoms with van der Waals surface area (Å²) in [6.07, 6.45) is 2.56. The van der Waals surface area contributed by atoms with Gasteiger partial charge in [-0.15, -0.1) is 0 Å². The summed E-state index contributed by atoms with van der Waals surface area (Å²) in [5.41, 5.74) is 1.78. The third-order valence-corrected chi connectivity index (χ3v) is 6.20. The Balaban J connectivity index is 1.16. The fourth-order valence-corrected chi connectivity index (χ4v) is 4.39. The van der Waals surface area contributed by atoms with Gasteiger partial charge in [0, 0.05) is 57.3 Å². The van der Waals surface area contributed by atoms with Gasteiger partial charge in [-0.25, -0.2) is 4.98 Å². The van der Waals surface area contributed by atoms with Gasteiger partial charge in [0.15, 0.2) is 17.1 Å². The number of hydrogen-bond acceptors (Lipinski definition) is 10. The molecule has 2 atom stereocenters. The molecule has 2 aliphatic rings. The molecule has 1 saturated heterocycles. The minimum Gasteiger partial charge on any atom is -0.486 e. The van der Waals surface area contributed by atoms with E-state index in [0.717, 1.165) is 18.0 Å². The fraction of sp³-hybridized carbons (Fsp3) is 0.478. The van der Waals surface area contributed by atoms with E-state index < -0.39 is 6.10 Å². The second-order valence-electron chi connectivity index (χ2n) is 8.48. The number of fused-ring (bicyclic) bond motifs is 2. The van der Waals surface area contributed by atoms with E-state index in [9.17, 15) is 9.90 Å². The van der Waals surface area contributed by atoms with Crippen LogP contribution >= 0.6 is 0 Å². The lowest BCUT2D eigenvalue weighted by atomic mass is 10.1. The van der Waals surface area contributed by atoms with Crippen molar-refractivity contribution in [1.29, 1.82) is 0 Å². The molecule has 5 rings (SSSR count). The molecule has 0 bridgehead atoms. The molecule has 180 valence electrons. The summed E-state index contributed by atoms with van der Waals surface area (Å²) in [4.78, 5) is 27.6. The summed E-state index contributed by atoms with van der Waals surface area (Å²) in [6.45, 7) is 4.68. The van der Waals surface area contributed by atoms with Crippen molar-refractivity contribution in [3.8, 4) is 17.4 Å². The van der Waals surface area contributed by atoms with Gasteiger partial charge >= 0.3 is 0 Å². The summed E-state index contributed by atoms with van der Waals surface area (Å²) in [5.74, 6) is 1.91. The van der Waals surface area contributed by atoms with Gasteiger partial charge in [-0.2, -0.15) is 4.98 Å². The van der Waals surface area contributed by atoms with E-state index in [4.69, 9.17) is 14.2 Å². The van der Waals surface area contributed by atoms with E-state index in [2.05, 4.69) is 25.2 Å². The average Bonchev–Trinajstić information content (AvgIpc) is 3.22. The molecule has 34 heavy (non-hydrogen) atoms. The Morgan fingerprint density at radius 1 is 1.15 bits per heavy atom. The minimum absolute atomic E-state index is 0.0846. The number of likely N-dealkylation sites (tertiary alicyclic amines) is 1. The van der Waals surface area contributed by atoms with E-state index in [-0.39, 0.29) is 11.5 Å². The summed E-state index contributed by atoms with van der Waals surface area (Å²) in [6, 6.07) is 5.40. The first-order valence-corrected chi connectivity index (χ1v) is 11.4. The summed E-state index contributed by atoms with van der Waals surface area (Å²) >= 11 is 0. The van der Waals surface area contributed by atoms with E-state index in [1.165, 1.54) is 13.3 Å². The fourth-order valence-electron chi connectivity index (χ4n) is 4.39. The number of ether oxygens (including phenoxy) is 3. The molecule has 0 unspecified atom stereocenters. The molecule has 11 heteroatoms. The van der Waals surface area contributed by atoms with Crippen molar-refractivity contribution in [2.45, 2.75) is 19.2 Å². The average molecular weight is 469 g/mol. The lowest BCUT2D eigenvalue weighted by molar-refractivity contribution is 0.140. The van der Waals surface area contributed by atoms with Crippen LogP contribution in [0.15, 0.2) is 35.4 Å². The molecular weight excluding hydrogens is 440 g/mol. The molecule has 3 aromatic rings. The van der Waals surface area contributed by atoms with E-state index >= 15 is 0 Å². The van der Waals surface area contributed by atoms with Crippen LogP contribution in [0.3, 0.4) is 0 Å². The van der Waals surface area contributed by atoms with Crippen LogP contribution in [0.1, 0.15) is 5.69 Å². The standard InChI is InChI=1S/C23H28N6O5/c1-32-21-3-2-17-23(27-21)29(22(31)12-26-17)5-4-28-13-15(18(30)14-28)9-24-10-16-8-19-20(11-25-16)34-7-6-33-19/h2-3,8,11-12,15,18,24,30H,4-7,9-10,13-14H2,1H3/t15-,18-/m0/s1. The van der Waals surface area contributed by atoms with Crippen LogP contribution < -0.4 is 25.1 Å². The minimum atomic E-state index is -0.440. The molecule has 0 saturated carbocycles. The highest BCUT2D eigenvalue weighted by molar-refractivity contribution is 5.70. The third-order valence-electron chi connectivity index (χ3n) is 6.20. The van der Waals surface area contributed by atoms with Gasteiger partial charge in [0.1, 0.15) is 18.7 Å². The Hall–Kier alpha value is -3.28. The first-order valence-electron chi connectivity index (χ1n) is 11.4. The van der Waals surface area contributed by atoms with Gasteiger partial charge in [-0.3, -0.25) is 19.2 Å². The molecule has 2 N–H and O–H groups in total. The number of nitrogens with one attached hydrogen (secondary N) is 1. The molecule has 0 spiro atoms. The SMILES string of the molecule is COc1ccc2ncc(=O)n(CCN3C[C@H](CNCc4cc5c(cn4)OCCO5)[C@@H](O)C3)c2n1. The maximum Gasteiger partial charge on any atom is 0.270 e. The molecule has 1 fully saturated rings. The molecule has 3 aromatic heterocycles. The van der Waals surface area contributed by atoms with Crippen LogP contribution in [0.4, 0.5) is 0 Å². The van der Waals surface area contributed by atoms with Gasteiger partial charge in [0.25, 0.3) is 5.56 Å². The van der Waals surface area contributed by atoms with E-state index in [0.29, 0.717) is 68.7 Å². The predicted octanol–water partition coefficient (Wildman–Crippen LogP) is 0.0488. The van der Waals surface area contributed by atoms with Crippen molar-refractivity contribution in [3.63, 3.8) is 0 Å². The number of aliphatic hydroxyl groups is 1. The maximum atomic E-state index is 12.5.